The van der Waals surface area contributed by atoms with Crippen LogP contribution in [0.4, 0.5) is 5.13 Å². The first-order valence-corrected chi connectivity index (χ1v) is 7.49. The van der Waals surface area contributed by atoms with Crippen LogP contribution in [-0.4, -0.2) is 15.7 Å². The molecule has 0 bridgehead atoms. The summed E-state index contributed by atoms with van der Waals surface area (Å²) < 4.78 is 0. The first-order valence-electron chi connectivity index (χ1n) is 5.74. The van der Waals surface area contributed by atoms with Crippen LogP contribution in [0.15, 0.2) is 29.6 Å². The highest BCUT2D eigenvalue weighted by Crippen LogP contribution is 2.25. The summed E-state index contributed by atoms with van der Waals surface area (Å²) in [5.74, 6) is -0.467. The maximum absolute atomic E-state index is 11.3. The van der Waals surface area contributed by atoms with Crippen LogP contribution in [0.25, 0.3) is 11.3 Å². The van der Waals surface area contributed by atoms with E-state index in [0.717, 1.165) is 17.7 Å². The van der Waals surface area contributed by atoms with Crippen LogP contribution in [-0.2, 0) is 11.2 Å². The SMILES string of the molecule is CCc1ccc(-c2csc(NC(=O)C(Cl)Cl)n2)cc1. The number of carbonyl (C=O) groups excluding carboxylic acids is 1. The molecular formula is C13H12Cl2N2OS. The Morgan fingerprint density at radius 2 is 2.05 bits per heavy atom. The molecule has 0 unspecified atom stereocenters. The molecule has 6 heteroatoms. The van der Waals surface area contributed by atoms with Crippen LogP contribution < -0.4 is 5.32 Å². The zero-order chi connectivity index (χ0) is 13.8. The smallest absolute Gasteiger partial charge is 0.259 e. The lowest BCUT2D eigenvalue weighted by Gasteiger charge is -2.01. The van der Waals surface area contributed by atoms with E-state index in [0.29, 0.717) is 5.13 Å². The summed E-state index contributed by atoms with van der Waals surface area (Å²) in [5, 5.41) is 4.93. The number of halogens is 2. The number of rotatable bonds is 4. The van der Waals surface area contributed by atoms with Gasteiger partial charge in [-0.2, -0.15) is 0 Å². The zero-order valence-corrected chi connectivity index (χ0v) is 12.5. The predicted octanol–water partition coefficient (Wildman–Crippen LogP) is 4.11. The second-order valence-electron chi connectivity index (χ2n) is 3.88. The number of nitrogens with zero attached hydrogens (tertiary/aromatic N) is 1. The summed E-state index contributed by atoms with van der Waals surface area (Å²) in [6.07, 6.45) is 1.01. The van der Waals surface area contributed by atoms with Gasteiger partial charge in [0.1, 0.15) is 0 Å². The molecule has 19 heavy (non-hydrogen) atoms. The minimum atomic E-state index is -1.09. The average Bonchev–Trinajstić information content (AvgIpc) is 2.87. The second-order valence-corrected chi connectivity index (χ2v) is 5.83. The Morgan fingerprint density at radius 1 is 1.37 bits per heavy atom. The molecule has 0 radical (unpaired) electrons. The summed E-state index contributed by atoms with van der Waals surface area (Å²) >= 11 is 12.3. The van der Waals surface area contributed by atoms with Crippen molar-refractivity contribution in [2.24, 2.45) is 0 Å². The molecule has 0 atom stereocenters. The summed E-state index contributed by atoms with van der Waals surface area (Å²) in [4.78, 5) is 14.6. The highest BCUT2D eigenvalue weighted by Gasteiger charge is 2.13. The number of amides is 1. The van der Waals surface area contributed by atoms with Gasteiger partial charge in [0.05, 0.1) is 5.69 Å². The van der Waals surface area contributed by atoms with E-state index >= 15 is 0 Å². The Hall–Kier alpha value is -1.10. The number of aromatic nitrogens is 1. The van der Waals surface area contributed by atoms with Crippen molar-refractivity contribution in [3.8, 4) is 11.3 Å². The molecule has 0 spiro atoms. The average molecular weight is 315 g/mol. The molecule has 0 aliphatic carbocycles. The maximum Gasteiger partial charge on any atom is 0.259 e. The number of hydrogen-bond donors (Lipinski definition) is 1. The monoisotopic (exact) mass is 314 g/mol. The van der Waals surface area contributed by atoms with Crippen molar-refractivity contribution in [3.05, 3.63) is 35.2 Å². The van der Waals surface area contributed by atoms with E-state index in [4.69, 9.17) is 23.2 Å². The zero-order valence-electron chi connectivity index (χ0n) is 10.2. The standard InChI is InChI=1S/C13H12Cl2N2OS/c1-2-8-3-5-9(6-4-8)10-7-19-13(16-10)17-12(18)11(14)15/h3-7,11H,2H2,1H3,(H,16,17,18). The maximum atomic E-state index is 11.3. The summed E-state index contributed by atoms with van der Waals surface area (Å²) in [6.45, 7) is 2.11. The van der Waals surface area contributed by atoms with Gasteiger partial charge in [0, 0.05) is 10.9 Å². The number of aryl methyl sites for hydroxylation is 1. The molecule has 2 aromatic rings. The quantitative estimate of drug-likeness (QED) is 0.863. The van der Waals surface area contributed by atoms with Gasteiger partial charge in [0.2, 0.25) is 0 Å². The Kier molecular flexibility index (Phi) is 4.80. The molecule has 0 fully saturated rings. The molecule has 2 rings (SSSR count). The number of thiazole rings is 1. The molecule has 1 N–H and O–H groups in total. The van der Waals surface area contributed by atoms with Crippen LogP contribution in [0.5, 0.6) is 0 Å². The molecule has 1 aromatic carbocycles. The first-order chi connectivity index (χ1) is 9.10. The van der Waals surface area contributed by atoms with E-state index in [-0.39, 0.29) is 0 Å². The molecule has 3 nitrogen and oxygen atoms in total. The molecule has 1 amide bonds. The van der Waals surface area contributed by atoms with Gasteiger partial charge < -0.3 is 0 Å². The van der Waals surface area contributed by atoms with Crippen LogP contribution >= 0.6 is 34.5 Å². The van der Waals surface area contributed by atoms with Crippen LogP contribution in [0.3, 0.4) is 0 Å². The number of alkyl halides is 2. The van der Waals surface area contributed by atoms with Gasteiger partial charge in [-0.1, -0.05) is 54.4 Å². The Morgan fingerprint density at radius 3 is 2.63 bits per heavy atom. The summed E-state index contributed by atoms with van der Waals surface area (Å²) in [6, 6.07) is 8.18. The van der Waals surface area contributed by atoms with Crippen molar-refractivity contribution < 1.29 is 4.79 Å². The van der Waals surface area contributed by atoms with Crippen LogP contribution in [0.1, 0.15) is 12.5 Å². The van der Waals surface area contributed by atoms with Crippen LogP contribution in [0, 0.1) is 0 Å². The second kappa shape index (κ2) is 6.37. The molecule has 0 saturated heterocycles. The van der Waals surface area contributed by atoms with Crippen molar-refractivity contribution in [3.63, 3.8) is 0 Å². The fourth-order valence-corrected chi connectivity index (χ4v) is 2.37. The molecular weight excluding hydrogens is 303 g/mol. The molecule has 0 aliphatic heterocycles. The van der Waals surface area contributed by atoms with Crippen molar-refractivity contribution in [1.82, 2.24) is 4.98 Å². The van der Waals surface area contributed by atoms with E-state index in [9.17, 15) is 4.79 Å². The summed E-state index contributed by atoms with van der Waals surface area (Å²) in [5.41, 5.74) is 3.12. The van der Waals surface area contributed by atoms with Crippen molar-refractivity contribution in [1.29, 1.82) is 0 Å². The van der Waals surface area contributed by atoms with Gasteiger partial charge in [0.15, 0.2) is 9.97 Å². The van der Waals surface area contributed by atoms with Gasteiger partial charge in [-0.3, -0.25) is 10.1 Å². The largest absolute Gasteiger partial charge is 0.300 e. The number of anilines is 1. The first kappa shape index (κ1) is 14.3. The highest BCUT2D eigenvalue weighted by molar-refractivity contribution is 7.14. The van der Waals surface area contributed by atoms with Gasteiger partial charge in [-0.15, -0.1) is 11.3 Å². The van der Waals surface area contributed by atoms with E-state index < -0.39 is 10.7 Å². The molecule has 0 saturated carbocycles. The van der Waals surface area contributed by atoms with E-state index in [2.05, 4.69) is 29.4 Å². The third kappa shape index (κ3) is 3.69. The third-order valence-corrected chi connectivity index (χ3v) is 3.74. The van der Waals surface area contributed by atoms with E-state index in [1.807, 2.05) is 17.5 Å². The van der Waals surface area contributed by atoms with Gasteiger partial charge >= 0.3 is 0 Å². The topological polar surface area (TPSA) is 42.0 Å². The lowest BCUT2D eigenvalue weighted by molar-refractivity contribution is -0.114. The molecule has 100 valence electrons. The minimum Gasteiger partial charge on any atom is -0.300 e. The van der Waals surface area contributed by atoms with Crippen molar-refractivity contribution in [2.45, 2.75) is 18.2 Å². The van der Waals surface area contributed by atoms with Gasteiger partial charge in [0.25, 0.3) is 5.91 Å². The van der Waals surface area contributed by atoms with Crippen molar-refractivity contribution >= 4 is 45.6 Å². The fourth-order valence-electron chi connectivity index (χ4n) is 1.53. The fraction of sp³-hybridized carbons (Fsp3) is 0.231. The molecule has 1 heterocycles. The Labute approximate surface area is 125 Å². The van der Waals surface area contributed by atoms with Gasteiger partial charge in [-0.25, -0.2) is 4.98 Å². The normalized spacial score (nSPS) is 10.7. The predicted molar refractivity (Wildman–Crippen MR) is 81.1 cm³/mol. The summed E-state index contributed by atoms with van der Waals surface area (Å²) in [7, 11) is 0. The van der Waals surface area contributed by atoms with E-state index in [1.54, 1.807) is 0 Å². The lowest BCUT2D eigenvalue weighted by Crippen LogP contribution is -2.18. The third-order valence-electron chi connectivity index (χ3n) is 2.59. The number of carbonyl (C=O) groups is 1. The Bertz CT molecular complexity index is 566. The number of nitrogens with one attached hydrogen (secondary N) is 1. The van der Waals surface area contributed by atoms with Crippen LogP contribution in [0.2, 0.25) is 0 Å². The van der Waals surface area contributed by atoms with Gasteiger partial charge in [-0.05, 0) is 12.0 Å². The molecule has 1 aromatic heterocycles. The number of benzene rings is 1. The molecule has 0 aliphatic rings. The minimum absolute atomic E-state index is 0.467. The lowest BCUT2D eigenvalue weighted by atomic mass is 10.1. The number of hydrogen-bond acceptors (Lipinski definition) is 3. The highest BCUT2D eigenvalue weighted by atomic mass is 35.5. The Balaban J connectivity index is 2.13. The van der Waals surface area contributed by atoms with Crippen molar-refractivity contribution in [2.75, 3.05) is 5.32 Å². The van der Waals surface area contributed by atoms with E-state index in [1.165, 1.54) is 16.9 Å².